The van der Waals surface area contributed by atoms with Crippen molar-refractivity contribution < 1.29 is 22.7 Å². The molecule has 34 heavy (non-hydrogen) atoms. The van der Waals surface area contributed by atoms with Crippen molar-refractivity contribution in [1.82, 2.24) is 5.32 Å². The van der Waals surface area contributed by atoms with E-state index >= 15 is 0 Å². The number of nitriles is 1. The van der Waals surface area contributed by atoms with E-state index in [9.17, 15) is 23.2 Å². The fourth-order valence-electron chi connectivity index (χ4n) is 5.57. The minimum Gasteiger partial charge on any atom is -0.494 e. The Morgan fingerprint density at radius 3 is 2.68 bits per heavy atom. The van der Waals surface area contributed by atoms with Gasteiger partial charge in [-0.2, -0.15) is 18.4 Å². The number of nitrogens with one attached hydrogen (secondary N) is 1. The summed E-state index contributed by atoms with van der Waals surface area (Å²) in [7, 11) is 0. The number of alkyl halides is 3. The van der Waals surface area contributed by atoms with Crippen molar-refractivity contribution in [1.29, 1.82) is 5.26 Å². The van der Waals surface area contributed by atoms with Crippen molar-refractivity contribution in [3.8, 4) is 11.8 Å². The summed E-state index contributed by atoms with van der Waals surface area (Å²) in [6, 6.07) is 13.9. The van der Waals surface area contributed by atoms with Crippen LogP contribution in [0.5, 0.6) is 5.75 Å². The smallest absolute Gasteiger partial charge is 0.389 e. The molecule has 3 aliphatic rings. The largest absolute Gasteiger partial charge is 0.494 e. The van der Waals surface area contributed by atoms with E-state index in [1.807, 2.05) is 18.2 Å². The molecule has 2 aromatic carbocycles. The molecule has 2 aliphatic carbocycles. The van der Waals surface area contributed by atoms with Gasteiger partial charge >= 0.3 is 6.18 Å². The third-order valence-electron chi connectivity index (χ3n) is 7.21. The van der Waals surface area contributed by atoms with Gasteiger partial charge in [-0.3, -0.25) is 4.79 Å². The molecule has 1 atom stereocenters. The lowest BCUT2D eigenvalue weighted by molar-refractivity contribution is -0.136. The summed E-state index contributed by atoms with van der Waals surface area (Å²) in [4.78, 5) is 13.0. The Kier molecular flexibility index (Phi) is 5.63. The molecule has 1 spiro atoms. The maximum atomic E-state index is 13.0. The van der Waals surface area contributed by atoms with Gasteiger partial charge in [-0.05, 0) is 84.0 Å². The molecular weight excluding hydrogens is 441 g/mol. The third-order valence-corrected chi connectivity index (χ3v) is 7.21. The van der Waals surface area contributed by atoms with Crippen molar-refractivity contribution in [2.75, 3.05) is 6.61 Å². The van der Waals surface area contributed by atoms with Crippen LogP contribution in [0, 0.1) is 11.3 Å². The van der Waals surface area contributed by atoms with Gasteiger partial charge in [0.15, 0.2) is 0 Å². The molecule has 0 saturated heterocycles. The molecule has 1 heterocycles. The minimum absolute atomic E-state index is 0.00306. The number of carbonyl (C=O) groups is 1. The average molecular weight is 467 g/mol. The van der Waals surface area contributed by atoms with E-state index < -0.39 is 18.1 Å². The van der Waals surface area contributed by atoms with Crippen molar-refractivity contribution in [2.24, 2.45) is 0 Å². The van der Waals surface area contributed by atoms with Crippen LogP contribution in [-0.2, 0) is 29.6 Å². The van der Waals surface area contributed by atoms with Crippen LogP contribution in [0.3, 0.4) is 0 Å². The van der Waals surface area contributed by atoms with Gasteiger partial charge in [0.05, 0.1) is 12.1 Å². The molecule has 0 aromatic heterocycles. The van der Waals surface area contributed by atoms with E-state index in [-0.39, 0.29) is 24.5 Å². The van der Waals surface area contributed by atoms with Crippen LogP contribution in [0.15, 0.2) is 42.0 Å². The molecular formula is C27H25F3N2O2. The SMILES string of the molecule is N#CC1=C(c2ccc3c(c2)CCC3)CC2(CCc3cc(OCCCC(F)(F)F)ccc32)NC1=O. The highest BCUT2D eigenvalue weighted by Crippen LogP contribution is 2.47. The predicted molar refractivity (Wildman–Crippen MR) is 121 cm³/mol. The lowest BCUT2D eigenvalue weighted by Crippen LogP contribution is -2.48. The van der Waals surface area contributed by atoms with Crippen LogP contribution in [0.2, 0.25) is 0 Å². The number of rotatable bonds is 5. The van der Waals surface area contributed by atoms with Crippen LogP contribution >= 0.6 is 0 Å². The zero-order chi connectivity index (χ0) is 23.9. The van der Waals surface area contributed by atoms with Crippen molar-refractivity contribution in [3.05, 3.63) is 69.8 Å². The third kappa shape index (κ3) is 4.18. The topological polar surface area (TPSA) is 62.1 Å². The van der Waals surface area contributed by atoms with Crippen LogP contribution in [0.25, 0.3) is 5.57 Å². The Labute approximate surface area is 196 Å². The van der Waals surface area contributed by atoms with Gasteiger partial charge in [-0.1, -0.05) is 24.3 Å². The normalized spacial score (nSPS) is 21.3. The highest BCUT2D eigenvalue weighted by Gasteiger charge is 2.45. The summed E-state index contributed by atoms with van der Waals surface area (Å²) >= 11 is 0. The van der Waals surface area contributed by atoms with Gasteiger partial charge in [0.1, 0.15) is 17.4 Å². The molecule has 2 aromatic rings. The number of halogens is 3. The summed E-state index contributed by atoms with van der Waals surface area (Å²) in [6.07, 6.45) is 0.00816. The van der Waals surface area contributed by atoms with Crippen molar-refractivity contribution in [2.45, 2.75) is 63.1 Å². The van der Waals surface area contributed by atoms with E-state index in [2.05, 4.69) is 23.5 Å². The van der Waals surface area contributed by atoms with Crippen LogP contribution < -0.4 is 10.1 Å². The monoisotopic (exact) mass is 466 g/mol. The van der Waals surface area contributed by atoms with Gasteiger partial charge in [0.2, 0.25) is 0 Å². The van der Waals surface area contributed by atoms with Gasteiger partial charge in [-0.25, -0.2) is 0 Å². The first-order chi connectivity index (χ1) is 16.3. The van der Waals surface area contributed by atoms with Crippen molar-refractivity contribution in [3.63, 3.8) is 0 Å². The first-order valence-electron chi connectivity index (χ1n) is 11.7. The summed E-state index contributed by atoms with van der Waals surface area (Å²) in [5.74, 6) is 0.178. The standard InChI is InChI=1S/C27H25F3N2O2/c28-27(29,30)10-2-12-34-21-7-8-24-20(14-21)9-11-26(24)15-22(23(16-31)25(33)32-26)19-6-5-17-3-1-4-18(17)13-19/h5-8,13-14H,1-4,9-12,15H2,(H,32,33). The molecule has 7 heteroatoms. The number of benzene rings is 2. The van der Waals surface area contributed by atoms with E-state index in [1.165, 1.54) is 11.1 Å². The molecule has 1 amide bonds. The molecule has 0 radical (unpaired) electrons. The highest BCUT2D eigenvalue weighted by molar-refractivity contribution is 6.07. The number of amides is 1. The van der Waals surface area contributed by atoms with Crippen LogP contribution in [0.4, 0.5) is 13.2 Å². The van der Waals surface area contributed by atoms with E-state index in [4.69, 9.17) is 4.74 Å². The fourth-order valence-corrected chi connectivity index (χ4v) is 5.57. The molecule has 1 aliphatic heterocycles. The maximum absolute atomic E-state index is 13.0. The fraction of sp³-hybridized carbons (Fsp3) is 0.407. The van der Waals surface area contributed by atoms with Crippen molar-refractivity contribution >= 4 is 11.5 Å². The summed E-state index contributed by atoms with van der Waals surface area (Å²) in [6.45, 7) is -0.00306. The average Bonchev–Trinajstić information content (AvgIpc) is 3.40. The number of hydrogen-bond acceptors (Lipinski definition) is 3. The highest BCUT2D eigenvalue weighted by atomic mass is 19.4. The quantitative estimate of drug-likeness (QED) is 0.589. The molecule has 176 valence electrons. The zero-order valence-electron chi connectivity index (χ0n) is 18.7. The van der Waals surface area contributed by atoms with Gasteiger partial charge in [0.25, 0.3) is 5.91 Å². The maximum Gasteiger partial charge on any atom is 0.389 e. The first kappa shape index (κ1) is 22.5. The number of hydrogen-bond donors (Lipinski definition) is 1. The zero-order valence-corrected chi connectivity index (χ0v) is 18.7. The van der Waals surface area contributed by atoms with Gasteiger partial charge < -0.3 is 10.1 Å². The molecule has 0 fully saturated rings. The molecule has 5 rings (SSSR count). The lowest BCUT2D eigenvalue weighted by atomic mass is 9.78. The Morgan fingerprint density at radius 1 is 1.06 bits per heavy atom. The molecule has 0 bridgehead atoms. The molecule has 1 unspecified atom stereocenters. The molecule has 1 N–H and O–H groups in total. The summed E-state index contributed by atoms with van der Waals surface area (Å²) in [5, 5.41) is 12.9. The van der Waals surface area contributed by atoms with E-state index in [1.54, 1.807) is 6.07 Å². The van der Waals surface area contributed by atoms with Gasteiger partial charge in [-0.15, -0.1) is 0 Å². The van der Waals surface area contributed by atoms with Crippen LogP contribution in [0.1, 0.15) is 59.9 Å². The number of ether oxygens (including phenoxy) is 1. The Balaban J connectivity index is 1.40. The van der Waals surface area contributed by atoms with E-state index in [0.717, 1.165) is 41.5 Å². The summed E-state index contributed by atoms with van der Waals surface area (Å²) < 4.78 is 42.6. The van der Waals surface area contributed by atoms with Gasteiger partial charge in [0, 0.05) is 12.8 Å². The predicted octanol–water partition coefficient (Wildman–Crippen LogP) is 5.54. The van der Waals surface area contributed by atoms with E-state index in [0.29, 0.717) is 25.0 Å². The minimum atomic E-state index is -4.18. The lowest BCUT2D eigenvalue weighted by Gasteiger charge is -2.37. The van der Waals surface area contributed by atoms with Crippen LogP contribution in [-0.4, -0.2) is 18.7 Å². The first-order valence-corrected chi connectivity index (χ1v) is 11.7. The number of nitrogens with zero attached hydrogens (tertiary/aromatic N) is 1. The molecule has 4 nitrogen and oxygen atoms in total. The number of carbonyl (C=O) groups excluding carboxylic acids is 1. The number of fused-ring (bicyclic) bond motifs is 3. The molecule has 0 saturated carbocycles. The second-order valence-electron chi connectivity index (χ2n) is 9.40. The summed E-state index contributed by atoms with van der Waals surface area (Å²) in [5.41, 5.74) is 5.91. The number of aryl methyl sites for hydroxylation is 3. The second kappa shape index (κ2) is 8.50. The second-order valence-corrected chi connectivity index (χ2v) is 9.40. The Morgan fingerprint density at radius 2 is 1.88 bits per heavy atom. The Hall–Kier alpha value is -3.27. The Bertz CT molecular complexity index is 1230.